The predicted octanol–water partition coefficient (Wildman–Crippen LogP) is 4.16. The van der Waals surface area contributed by atoms with Gasteiger partial charge in [0.05, 0.1) is 12.3 Å². The molecule has 1 aliphatic rings. The lowest BCUT2D eigenvalue weighted by molar-refractivity contribution is -0.0265. The number of carbonyl (C=O) groups is 1. The summed E-state index contributed by atoms with van der Waals surface area (Å²) in [6.07, 6.45) is 3.65. The van der Waals surface area contributed by atoms with Crippen molar-refractivity contribution in [3.8, 4) is 0 Å². The van der Waals surface area contributed by atoms with Gasteiger partial charge in [0.25, 0.3) is 5.91 Å². The van der Waals surface area contributed by atoms with Crippen LogP contribution in [0.1, 0.15) is 60.1 Å². The molecular weight excluding hydrogens is 390 g/mol. The quantitative estimate of drug-likeness (QED) is 0.647. The van der Waals surface area contributed by atoms with Crippen LogP contribution in [0, 0.1) is 13.8 Å². The van der Waals surface area contributed by atoms with E-state index in [0.717, 1.165) is 55.2 Å². The Bertz CT molecular complexity index is 1070. The second-order valence-corrected chi connectivity index (χ2v) is 8.17. The number of carbonyl (C=O) groups excluding carboxylic acids is 1. The predicted molar refractivity (Wildman–Crippen MR) is 121 cm³/mol. The molecule has 4 rings (SSSR count). The van der Waals surface area contributed by atoms with Crippen LogP contribution in [-0.2, 0) is 4.74 Å². The largest absolute Gasteiger partial charge is 0.373 e. The second kappa shape index (κ2) is 9.16. The average Bonchev–Trinajstić information content (AvgIpc) is 3.19. The first-order chi connectivity index (χ1) is 15.0. The van der Waals surface area contributed by atoms with Gasteiger partial charge in [-0.05, 0) is 63.5 Å². The maximum Gasteiger partial charge on any atom is 0.261 e. The van der Waals surface area contributed by atoms with Gasteiger partial charge in [-0.2, -0.15) is 5.10 Å². The Balaban J connectivity index is 1.52. The normalized spacial score (nSPS) is 19.1. The molecule has 0 bridgehead atoms. The molecule has 1 N–H and O–H groups in total. The van der Waals surface area contributed by atoms with Gasteiger partial charge in [-0.15, -0.1) is 0 Å². The molecule has 1 fully saturated rings. The summed E-state index contributed by atoms with van der Waals surface area (Å²) in [7, 11) is 0. The Kier molecular flexibility index (Phi) is 6.34. The van der Waals surface area contributed by atoms with Crippen molar-refractivity contribution in [3.63, 3.8) is 0 Å². The number of benzene rings is 1. The minimum absolute atomic E-state index is 0.0418. The van der Waals surface area contributed by atoms with E-state index >= 15 is 0 Å². The number of amides is 1. The standard InChI is InChI=1S/C24H31N5O2/c1-5-28(6-2)20-10-11-31-22(14-20)18-8-7-9-19(13-18)27-24(30)21-15-25-29-17(4)12-16(3)26-23(21)29/h7-9,12-13,15,20,22H,5-6,10-11,14H2,1-4H3,(H,27,30)/t20-,22+/m1/s1. The fourth-order valence-corrected chi connectivity index (χ4v) is 4.53. The van der Waals surface area contributed by atoms with Crippen LogP contribution in [0.4, 0.5) is 5.69 Å². The molecule has 7 heteroatoms. The molecule has 1 aliphatic heterocycles. The zero-order chi connectivity index (χ0) is 22.0. The number of hydrogen-bond donors (Lipinski definition) is 1. The Morgan fingerprint density at radius 3 is 2.84 bits per heavy atom. The molecule has 0 aliphatic carbocycles. The summed E-state index contributed by atoms with van der Waals surface area (Å²) in [6, 6.07) is 10.4. The highest BCUT2D eigenvalue weighted by atomic mass is 16.5. The summed E-state index contributed by atoms with van der Waals surface area (Å²) in [4.78, 5) is 20.0. The Labute approximate surface area is 183 Å². The Morgan fingerprint density at radius 1 is 1.26 bits per heavy atom. The molecule has 2 atom stereocenters. The lowest BCUT2D eigenvalue weighted by Crippen LogP contribution is -2.40. The second-order valence-electron chi connectivity index (χ2n) is 8.17. The molecule has 0 unspecified atom stereocenters. The number of nitrogens with zero attached hydrogens (tertiary/aromatic N) is 4. The van der Waals surface area contributed by atoms with Crippen molar-refractivity contribution >= 4 is 17.2 Å². The molecule has 3 heterocycles. The maximum atomic E-state index is 13.0. The third-order valence-electron chi connectivity index (χ3n) is 6.12. The van der Waals surface area contributed by atoms with Crippen LogP contribution >= 0.6 is 0 Å². The third-order valence-corrected chi connectivity index (χ3v) is 6.12. The minimum Gasteiger partial charge on any atom is -0.373 e. The molecule has 31 heavy (non-hydrogen) atoms. The molecule has 164 valence electrons. The van der Waals surface area contributed by atoms with Gasteiger partial charge in [-0.25, -0.2) is 9.50 Å². The van der Waals surface area contributed by atoms with Crippen LogP contribution in [0.15, 0.2) is 36.5 Å². The van der Waals surface area contributed by atoms with E-state index in [9.17, 15) is 4.79 Å². The molecule has 0 spiro atoms. The van der Waals surface area contributed by atoms with Crippen LogP contribution in [0.3, 0.4) is 0 Å². The van der Waals surface area contributed by atoms with Gasteiger partial charge in [0.1, 0.15) is 5.56 Å². The topological polar surface area (TPSA) is 71.8 Å². The first-order valence-electron chi connectivity index (χ1n) is 11.1. The van der Waals surface area contributed by atoms with E-state index in [-0.39, 0.29) is 12.0 Å². The number of nitrogens with one attached hydrogen (secondary N) is 1. The number of fused-ring (bicyclic) bond motifs is 1. The molecule has 3 aromatic rings. The van der Waals surface area contributed by atoms with Crippen LogP contribution in [0.5, 0.6) is 0 Å². The van der Waals surface area contributed by atoms with Crippen molar-refractivity contribution in [1.29, 1.82) is 0 Å². The van der Waals surface area contributed by atoms with E-state index in [1.54, 1.807) is 10.7 Å². The average molecular weight is 422 g/mol. The molecule has 1 saturated heterocycles. The van der Waals surface area contributed by atoms with Crippen LogP contribution in [-0.4, -0.2) is 51.1 Å². The number of aromatic nitrogens is 3. The highest BCUT2D eigenvalue weighted by Crippen LogP contribution is 2.32. The summed E-state index contributed by atoms with van der Waals surface area (Å²) < 4.78 is 7.78. The highest BCUT2D eigenvalue weighted by molar-refractivity contribution is 6.08. The van der Waals surface area contributed by atoms with Gasteiger partial charge >= 0.3 is 0 Å². The number of ether oxygens (including phenoxy) is 1. The molecule has 7 nitrogen and oxygen atoms in total. The highest BCUT2D eigenvalue weighted by Gasteiger charge is 2.27. The van der Waals surface area contributed by atoms with Gasteiger partial charge in [0.15, 0.2) is 5.65 Å². The van der Waals surface area contributed by atoms with Gasteiger partial charge in [-0.1, -0.05) is 26.0 Å². The summed E-state index contributed by atoms with van der Waals surface area (Å²) >= 11 is 0. The van der Waals surface area contributed by atoms with E-state index in [1.165, 1.54) is 0 Å². The Hall–Kier alpha value is -2.77. The van der Waals surface area contributed by atoms with Crippen molar-refractivity contribution in [3.05, 3.63) is 59.0 Å². The minimum atomic E-state index is -0.213. The van der Waals surface area contributed by atoms with E-state index in [2.05, 4.69) is 40.2 Å². The molecule has 0 radical (unpaired) electrons. The summed E-state index contributed by atoms with van der Waals surface area (Å²) in [6.45, 7) is 11.2. The number of aryl methyl sites for hydroxylation is 2. The zero-order valence-corrected chi connectivity index (χ0v) is 18.8. The lowest BCUT2D eigenvalue weighted by Gasteiger charge is -2.36. The molecule has 0 saturated carbocycles. The van der Waals surface area contributed by atoms with E-state index in [4.69, 9.17) is 4.74 Å². The van der Waals surface area contributed by atoms with E-state index in [1.807, 2.05) is 38.1 Å². The summed E-state index contributed by atoms with van der Waals surface area (Å²) in [5.74, 6) is -0.213. The molecule has 1 aromatic carbocycles. The summed E-state index contributed by atoms with van der Waals surface area (Å²) in [5, 5.41) is 7.34. The first kappa shape index (κ1) is 21.5. The number of hydrogen-bond acceptors (Lipinski definition) is 5. The molecule has 1 amide bonds. The third kappa shape index (κ3) is 4.48. The number of anilines is 1. The van der Waals surface area contributed by atoms with Gasteiger partial charge in [-0.3, -0.25) is 4.79 Å². The van der Waals surface area contributed by atoms with E-state index in [0.29, 0.717) is 17.3 Å². The van der Waals surface area contributed by atoms with Crippen LogP contribution in [0.2, 0.25) is 0 Å². The van der Waals surface area contributed by atoms with Crippen molar-refractivity contribution in [2.45, 2.75) is 52.7 Å². The molecule has 2 aromatic heterocycles. The van der Waals surface area contributed by atoms with Gasteiger partial charge < -0.3 is 15.0 Å². The van der Waals surface area contributed by atoms with Gasteiger partial charge in [0, 0.05) is 29.7 Å². The fraction of sp³-hybridized carbons (Fsp3) is 0.458. The summed E-state index contributed by atoms with van der Waals surface area (Å²) in [5.41, 5.74) is 4.69. The zero-order valence-electron chi connectivity index (χ0n) is 18.8. The monoisotopic (exact) mass is 421 g/mol. The van der Waals surface area contributed by atoms with Crippen molar-refractivity contribution < 1.29 is 9.53 Å². The number of rotatable bonds is 6. The van der Waals surface area contributed by atoms with Crippen molar-refractivity contribution in [1.82, 2.24) is 19.5 Å². The Morgan fingerprint density at radius 2 is 2.06 bits per heavy atom. The van der Waals surface area contributed by atoms with Crippen LogP contribution < -0.4 is 5.32 Å². The SMILES string of the molecule is CCN(CC)[C@@H]1CCO[C@H](c2cccc(NC(=O)c3cnn4c(C)cc(C)nc34)c2)C1. The van der Waals surface area contributed by atoms with Crippen molar-refractivity contribution in [2.75, 3.05) is 25.0 Å². The van der Waals surface area contributed by atoms with Crippen molar-refractivity contribution in [2.24, 2.45) is 0 Å². The fourth-order valence-electron chi connectivity index (χ4n) is 4.53. The van der Waals surface area contributed by atoms with Crippen LogP contribution in [0.25, 0.3) is 5.65 Å². The first-order valence-corrected chi connectivity index (χ1v) is 11.1. The smallest absolute Gasteiger partial charge is 0.261 e. The van der Waals surface area contributed by atoms with Gasteiger partial charge in [0.2, 0.25) is 0 Å². The maximum absolute atomic E-state index is 13.0. The van der Waals surface area contributed by atoms with E-state index < -0.39 is 0 Å². The molecular formula is C24H31N5O2. The lowest BCUT2D eigenvalue weighted by atomic mass is 9.96.